The largest absolute Gasteiger partial charge is 0.491 e. The number of nitrogens with zero attached hydrogens (tertiary/aromatic N) is 4. The van der Waals surface area contributed by atoms with Crippen LogP contribution in [-0.2, 0) is 11.2 Å². The topological polar surface area (TPSA) is 114 Å². The Morgan fingerprint density at radius 2 is 2.00 bits per heavy atom. The number of aliphatic hydroxyl groups is 1. The van der Waals surface area contributed by atoms with E-state index in [1.807, 2.05) is 43.0 Å². The van der Waals surface area contributed by atoms with Crippen molar-refractivity contribution in [3.8, 4) is 28.4 Å². The summed E-state index contributed by atoms with van der Waals surface area (Å²) in [6.07, 6.45) is 2.13. The second-order valence-corrected chi connectivity index (χ2v) is 9.87. The van der Waals surface area contributed by atoms with Gasteiger partial charge < -0.3 is 24.6 Å². The van der Waals surface area contributed by atoms with Crippen LogP contribution in [0.1, 0.15) is 42.5 Å². The number of carbonyl (C=O) groups is 1. The van der Waals surface area contributed by atoms with E-state index in [1.165, 1.54) is 0 Å². The molecule has 3 heterocycles. The summed E-state index contributed by atoms with van der Waals surface area (Å²) in [6.45, 7) is 9.74. The minimum absolute atomic E-state index is 0.139. The Labute approximate surface area is 218 Å². The quantitative estimate of drug-likeness (QED) is 0.453. The molecular weight excluding hydrogens is 470 g/mol. The maximum absolute atomic E-state index is 11.8. The molecule has 1 fully saturated rings. The molecule has 0 bridgehead atoms. The summed E-state index contributed by atoms with van der Waals surface area (Å²) in [5, 5.41) is 17.1. The van der Waals surface area contributed by atoms with Crippen LogP contribution in [0.5, 0.6) is 5.75 Å². The summed E-state index contributed by atoms with van der Waals surface area (Å²) >= 11 is 0. The first kappa shape index (κ1) is 26.8. The van der Waals surface area contributed by atoms with E-state index in [9.17, 15) is 9.90 Å². The lowest BCUT2D eigenvalue weighted by Gasteiger charge is -2.31. The standard InChI is InChI=1S/C28H37N5O4/c1-17-25(13-21-9-11-33(12-10-21)20(4)34)30-28(31-27(17)26-18(2)32-37-19(26)3)22-7-6-8-24(14-22)36-16-23(35)15-29-5/h6-8,14,21,23,29,35H,9-13,15-16H2,1-5H3. The van der Waals surface area contributed by atoms with E-state index in [0.717, 1.165) is 71.9 Å². The molecule has 4 rings (SSSR count). The number of hydrogen-bond acceptors (Lipinski definition) is 8. The van der Waals surface area contributed by atoms with Gasteiger partial charge in [0.15, 0.2) is 5.82 Å². The van der Waals surface area contributed by atoms with Gasteiger partial charge in [-0.15, -0.1) is 0 Å². The number of hydrogen-bond donors (Lipinski definition) is 2. The fourth-order valence-corrected chi connectivity index (χ4v) is 4.89. The van der Waals surface area contributed by atoms with Gasteiger partial charge in [0.25, 0.3) is 0 Å². The second kappa shape index (κ2) is 11.8. The number of aliphatic hydroxyl groups excluding tert-OH is 1. The summed E-state index contributed by atoms with van der Waals surface area (Å²) in [6, 6.07) is 7.64. The van der Waals surface area contributed by atoms with E-state index in [0.29, 0.717) is 24.0 Å². The van der Waals surface area contributed by atoms with Crippen molar-refractivity contribution in [1.82, 2.24) is 25.3 Å². The van der Waals surface area contributed by atoms with Gasteiger partial charge in [0.05, 0.1) is 17.0 Å². The molecule has 198 valence electrons. The lowest BCUT2D eigenvalue weighted by atomic mass is 9.90. The zero-order chi connectivity index (χ0) is 26.5. The Bertz CT molecular complexity index is 1210. The van der Waals surface area contributed by atoms with Gasteiger partial charge >= 0.3 is 0 Å². The molecule has 1 unspecified atom stereocenters. The summed E-state index contributed by atoms with van der Waals surface area (Å²) in [5.74, 6) is 2.56. The molecule has 37 heavy (non-hydrogen) atoms. The van der Waals surface area contributed by atoms with Crippen molar-refractivity contribution in [3.63, 3.8) is 0 Å². The van der Waals surface area contributed by atoms with Gasteiger partial charge in [-0.25, -0.2) is 9.97 Å². The van der Waals surface area contributed by atoms with Crippen LogP contribution in [0.25, 0.3) is 22.6 Å². The molecule has 1 amide bonds. The SMILES string of the molecule is CNCC(O)COc1cccc(-c2nc(CC3CCN(C(C)=O)CC3)c(C)c(-c3c(C)noc3C)n2)c1. The number of nitrogens with one attached hydrogen (secondary N) is 1. The van der Waals surface area contributed by atoms with Crippen molar-refractivity contribution < 1.29 is 19.2 Å². The first-order chi connectivity index (χ1) is 17.8. The molecule has 9 nitrogen and oxygen atoms in total. The van der Waals surface area contributed by atoms with E-state index in [4.69, 9.17) is 19.2 Å². The lowest BCUT2D eigenvalue weighted by Crippen LogP contribution is -2.37. The average molecular weight is 508 g/mol. The minimum Gasteiger partial charge on any atom is -0.491 e. The fraction of sp³-hybridized carbons (Fsp3) is 0.500. The number of ether oxygens (including phenoxy) is 1. The molecule has 1 aliphatic rings. The zero-order valence-corrected chi connectivity index (χ0v) is 22.4. The van der Waals surface area contributed by atoms with Crippen LogP contribution in [0.2, 0.25) is 0 Å². The summed E-state index contributed by atoms with van der Waals surface area (Å²) < 4.78 is 11.3. The van der Waals surface area contributed by atoms with Crippen molar-refractivity contribution >= 4 is 5.91 Å². The van der Waals surface area contributed by atoms with E-state index >= 15 is 0 Å². The highest BCUT2D eigenvalue weighted by atomic mass is 16.5. The average Bonchev–Trinajstić information content (AvgIpc) is 3.22. The number of benzene rings is 1. The van der Waals surface area contributed by atoms with Crippen LogP contribution < -0.4 is 10.1 Å². The van der Waals surface area contributed by atoms with E-state index < -0.39 is 6.10 Å². The van der Waals surface area contributed by atoms with Crippen LogP contribution in [0.3, 0.4) is 0 Å². The molecule has 1 aliphatic heterocycles. The first-order valence-electron chi connectivity index (χ1n) is 12.9. The molecular formula is C28H37N5O4. The van der Waals surface area contributed by atoms with Gasteiger partial charge in [-0.1, -0.05) is 17.3 Å². The van der Waals surface area contributed by atoms with Crippen LogP contribution in [0.4, 0.5) is 0 Å². The normalized spacial score (nSPS) is 15.1. The number of carbonyl (C=O) groups excluding carboxylic acids is 1. The van der Waals surface area contributed by atoms with Crippen molar-refractivity contribution in [2.24, 2.45) is 5.92 Å². The number of aryl methyl sites for hydroxylation is 2. The third kappa shape index (κ3) is 6.34. The van der Waals surface area contributed by atoms with Crippen molar-refractivity contribution in [3.05, 3.63) is 47.0 Å². The smallest absolute Gasteiger partial charge is 0.219 e. The zero-order valence-electron chi connectivity index (χ0n) is 22.4. The Morgan fingerprint density at radius 3 is 2.65 bits per heavy atom. The molecule has 9 heteroatoms. The summed E-state index contributed by atoms with van der Waals surface area (Å²) in [7, 11) is 1.79. The van der Waals surface area contributed by atoms with Gasteiger partial charge in [0.1, 0.15) is 24.2 Å². The maximum atomic E-state index is 11.8. The Hall–Kier alpha value is -3.30. The molecule has 1 atom stereocenters. The number of amides is 1. The first-order valence-corrected chi connectivity index (χ1v) is 12.9. The van der Waals surface area contributed by atoms with Gasteiger partial charge in [0.2, 0.25) is 5.91 Å². The van der Waals surface area contributed by atoms with Gasteiger partial charge in [0, 0.05) is 37.8 Å². The maximum Gasteiger partial charge on any atom is 0.219 e. The lowest BCUT2D eigenvalue weighted by molar-refractivity contribution is -0.130. The molecule has 3 aromatic rings. The predicted molar refractivity (Wildman–Crippen MR) is 141 cm³/mol. The third-order valence-corrected chi connectivity index (χ3v) is 7.03. The van der Waals surface area contributed by atoms with E-state index in [-0.39, 0.29) is 12.5 Å². The van der Waals surface area contributed by atoms with Gasteiger partial charge in [-0.2, -0.15) is 0 Å². The monoisotopic (exact) mass is 507 g/mol. The number of aromatic nitrogens is 3. The van der Waals surface area contributed by atoms with Crippen molar-refractivity contribution in [1.29, 1.82) is 0 Å². The molecule has 0 saturated carbocycles. The molecule has 1 saturated heterocycles. The van der Waals surface area contributed by atoms with Crippen LogP contribution >= 0.6 is 0 Å². The van der Waals surface area contributed by atoms with Gasteiger partial charge in [-0.3, -0.25) is 4.79 Å². The molecule has 1 aromatic carbocycles. The molecule has 0 spiro atoms. The highest BCUT2D eigenvalue weighted by Gasteiger charge is 2.25. The third-order valence-electron chi connectivity index (χ3n) is 7.03. The highest BCUT2D eigenvalue weighted by Crippen LogP contribution is 2.33. The van der Waals surface area contributed by atoms with E-state index in [2.05, 4.69) is 17.4 Å². The summed E-state index contributed by atoms with van der Waals surface area (Å²) in [5.41, 5.74) is 5.37. The number of piperidine rings is 1. The fourth-order valence-electron chi connectivity index (χ4n) is 4.89. The Morgan fingerprint density at radius 1 is 1.24 bits per heavy atom. The van der Waals surface area contributed by atoms with Crippen molar-refractivity contribution in [2.75, 3.05) is 33.3 Å². The van der Waals surface area contributed by atoms with Crippen molar-refractivity contribution in [2.45, 2.75) is 53.1 Å². The van der Waals surface area contributed by atoms with Crippen LogP contribution in [-0.4, -0.2) is 70.4 Å². The molecule has 0 aliphatic carbocycles. The Balaban J connectivity index is 1.67. The minimum atomic E-state index is -0.601. The molecule has 2 N–H and O–H groups in total. The Kier molecular flexibility index (Phi) is 8.56. The number of likely N-dealkylation sites (tertiary alicyclic amines) is 1. The van der Waals surface area contributed by atoms with Gasteiger partial charge in [-0.05, 0) is 70.7 Å². The molecule has 2 aromatic heterocycles. The highest BCUT2D eigenvalue weighted by molar-refractivity contribution is 5.73. The second-order valence-electron chi connectivity index (χ2n) is 9.87. The van der Waals surface area contributed by atoms with Crippen LogP contribution in [0.15, 0.2) is 28.8 Å². The van der Waals surface area contributed by atoms with Crippen LogP contribution in [0, 0.1) is 26.7 Å². The van der Waals surface area contributed by atoms with E-state index in [1.54, 1.807) is 14.0 Å². The predicted octanol–water partition coefficient (Wildman–Crippen LogP) is 3.48. The number of likely N-dealkylation sites (N-methyl/N-ethyl adjacent to an activating group) is 1. The molecule has 0 radical (unpaired) electrons. The number of rotatable bonds is 9. The summed E-state index contributed by atoms with van der Waals surface area (Å²) in [4.78, 5) is 23.7.